The zero-order valence-electron chi connectivity index (χ0n) is 15.6. The monoisotopic (exact) mass is 375 g/mol. The number of methoxy groups -OCH3 is 1. The van der Waals surface area contributed by atoms with Crippen LogP contribution in [0.5, 0.6) is 0 Å². The summed E-state index contributed by atoms with van der Waals surface area (Å²) in [6.45, 7) is 5.00. The highest BCUT2D eigenvalue weighted by atomic mass is 32.2. The molecule has 0 aliphatic carbocycles. The van der Waals surface area contributed by atoms with Crippen molar-refractivity contribution in [3.05, 3.63) is 0 Å². The fraction of sp³-hybridized carbons (Fsp3) is 0.875. The van der Waals surface area contributed by atoms with Crippen LogP contribution in [0.4, 0.5) is 0 Å². The van der Waals surface area contributed by atoms with Crippen LogP contribution in [-0.4, -0.2) is 86.7 Å². The van der Waals surface area contributed by atoms with Crippen LogP contribution in [0.3, 0.4) is 0 Å². The van der Waals surface area contributed by atoms with Crippen LogP contribution >= 0.6 is 0 Å². The normalized spacial score (nSPS) is 26.3. The second kappa shape index (κ2) is 7.59. The van der Waals surface area contributed by atoms with Crippen LogP contribution in [0.25, 0.3) is 0 Å². The lowest BCUT2D eigenvalue weighted by Crippen LogP contribution is -2.50. The molecule has 2 heterocycles. The van der Waals surface area contributed by atoms with Gasteiger partial charge in [-0.3, -0.25) is 9.69 Å². The second-order valence-electron chi connectivity index (χ2n) is 7.27. The molecular formula is C16H29N3O5S. The maximum Gasteiger partial charge on any atom is 0.328 e. The van der Waals surface area contributed by atoms with Crippen LogP contribution in [0.15, 0.2) is 0 Å². The molecule has 0 spiro atoms. The third kappa shape index (κ3) is 4.15. The minimum absolute atomic E-state index is 0.0627. The minimum atomic E-state index is -3.29. The molecule has 2 aliphatic rings. The molecule has 144 valence electrons. The third-order valence-corrected chi connectivity index (χ3v) is 7.43. The van der Waals surface area contributed by atoms with E-state index in [1.165, 1.54) is 16.3 Å². The SMILES string of the molecule is COC(=O)[C@H](C(C)C)N(C)C(=O)C1CCN(S(=O)(=O)[C@@H]2CN2C)CC1. The average Bonchev–Trinajstić information content (AvgIpc) is 3.31. The molecule has 3 atom stereocenters. The summed E-state index contributed by atoms with van der Waals surface area (Å²) in [7, 11) is 1.42. The Kier molecular flexibility index (Phi) is 6.11. The maximum atomic E-state index is 12.8. The molecule has 1 unspecified atom stereocenters. The van der Waals surface area contributed by atoms with Gasteiger partial charge in [-0.2, -0.15) is 0 Å². The Morgan fingerprint density at radius 3 is 2.12 bits per heavy atom. The lowest BCUT2D eigenvalue weighted by Gasteiger charge is -2.35. The van der Waals surface area contributed by atoms with Gasteiger partial charge in [0.1, 0.15) is 11.4 Å². The first-order chi connectivity index (χ1) is 11.6. The Bertz CT molecular complexity index is 613. The van der Waals surface area contributed by atoms with Gasteiger partial charge in [0.15, 0.2) is 0 Å². The van der Waals surface area contributed by atoms with Crippen molar-refractivity contribution in [1.29, 1.82) is 0 Å². The molecule has 0 radical (unpaired) electrons. The summed E-state index contributed by atoms with van der Waals surface area (Å²) in [6, 6.07) is -0.626. The van der Waals surface area contributed by atoms with Crippen LogP contribution in [0.2, 0.25) is 0 Å². The molecule has 2 rings (SSSR count). The molecule has 2 fully saturated rings. The third-order valence-electron chi connectivity index (χ3n) is 5.15. The predicted octanol–water partition coefficient (Wildman–Crippen LogP) is -0.0443. The summed E-state index contributed by atoms with van der Waals surface area (Å²) < 4.78 is 31.1. The Hall–Kier alpha value is -1.19. The van der Waals surface area contributed by atoms with Crippen molar-refractivity contribution in [3.8, 4) is 0 Å². The maximum absolute atomic E-state index is 12.8. The molecule has 2 aliphatic heterocycles. The minimum Gasteiger partial charge on any atom is -0.467 e. The molecule has 0 aromatic rings. The zero-order valence-corrected chi connectivity index (χ0v) is 16.5. The zero-order chi connectivity index (χ0) is 18.9. The van der Waals surface area contributed by atoms with Crippen molar-refractivity contribution >= 4 is 21.9 Å². The lowest BCUT2D eigenvalue weighted by molar-refractivity contribution is -0.155. The van der Waals surface area contributed by atoms with Crippen LogP contribution in [0, 0.1) is 11.8 Å². The van der Waals surface area contributed by atoms with E-state index in [1.807, 2.05) is 13.8 Å². The van der Waals surface area contributed by atoms with Gasteiger partial charge in [-0.05, 0) is 25.8 Å². The molecule has 0 aromatic heterocycles. The number of amides is 1. The molecule has 2 saturated heterocycles. The highest BCUT2D eigenvalue weighted by molar-refractivity contribution is 7.90. The van der Waals surface area contributed by atoms with Crippen LogP contribution < -0.4 is 0 Å². The Balaban J connectivity index is 1.97. The molecule has 0 N–H and O–H groups in total. The fourth-order valence-electron chi connectivity index (χ4n) is 3.47. The van der Waals surface area contributed by atoms with E-state index in [0.29, 0.717) is 32.5 Å². The highest BCUT2D eigenvalue weighted by Crippen LogP contribution is 2.29. The molecule has 8 nitrogen and oxygen atoms in total. The molecule has 9 heteroatoms. The van der Waals surface area contributed by atoms with Gasteiger partial charge in [0, 0.05) is 32.6 Å². The number of hydrogen-bond acceptors (Lipinski definition) is 6. The summed E-state index contributed by atoms with van der Waals surface area (Å²) in [5.41, 5.74) is 0. The number of hydrogen-bond donors (Lipinski definition) is 0. The number of nitrogens with zero attached hydrogens (tertiary/aromatic N) is 3. The number of carbonyl (C=O) groups is 2. The van der Waals surface area contributed by atoms with Crippen molar-refractivity contribution in [2.24, 2.45) is 11.8 Å². The van der Waals surface area contributed by atoms with Crippen molar-refractivity contribution in [1.82, 2.24) is 14.1 Å². The molecule has 25 heavy (non-hydrogen) atoms. The molecule has 0 saturated carbocycles. The van der Waals surface area contributed by atoms with Crippen molar-refractivity contribution in [2.45, 2.75) is 38.1 Å². The number of piperidine rings is 1. The first-order valence-electron chi connectivity index (χ1n) is 8.65. The van der Waals surface area contributed by atoms with E-state index in [4.69, 9.17) is 4.74 Å². The molecule has 0 bridgehead atoms. The summed E-state index contributed by atoms with van der Waals surface area (Å²) in [5, 5.41) is -0.410. The van der Waals surface area contributed by atoms with Gasteiger partial charge in [0.25, 0.3) is 0 Å². The summed E-state index contributed by atoms with van der Waals surface area (Å²) >= 11 is 0. The highest BCUT2D eigenvalue weighted by Gasteiger charge is 2.46. The van der Waals surface area contributed by atoms with Gasteiger partial charge in [0.2, 0.25) is 15.9 Å². The van der Waals surface area contributed by atoms with E-state index in [-0.39, 0.29) is 17.7 Å². The summed E-state index contributed by atoms with van der Waals surface area (Å²) in [5.74, 6) is -0.876. The van der Waals surface area contributed by atoms with Gasteiger partial charge in [-0.25, -0.2) is 17.5 Å². The quantitative estimate of drug-likeness (QED) is 0.478. The van der Waals surface area contributed by atoms with Gasteiger partial charge >= 0.3 is 5.97 Å². The number of ether oxygens (including phenoxy) is 1. The first-order valence-corrected chi connectivity index (χ1v) is 10.1. The topological polar surface area (TPSA) is 87.0 Å². The van der Waals surface area contributed by atoms with Gasteiger partial charge in [0.05, 0.1) is 7.11 Å². The van der Waals surface area contributed by atoms with Gasteiger partial charge < -0.3 is 9.64 Å². The number of rotatable bonds is 6. The summed E-state index contributed by atoms with van der Waals surface area (Å²) in [4.78, 5) is 28.0. The van der Waals surface area contributed by atoms with Gasteiger partial charge in [-0.15, -0.1) is 0 Å². The fourth-order valence-corrected chi connectivity index (χ4v) is 5.42. The first kappa shape index (κ1) is 20.1. The number of sulfonamides is 1. The number of likely N-dealkylation sites (N-methyl/N-ethyl adjacent to an activating group) is 2. The van der Waals surface area contributed by atoms with Crippen molar-refractivity contribution < 1.29 is 22.7 Å². The van der Waals surface area contributed by atoms with Crippen LogP contribution in [0.1, 0.15) is 26.7 Å². The lowest BCUT2D eigenvalue weighted by atomic mass is 9.94. The standard InChI is InChI=1S/C16H29N3O5S/c1-11(2)14(16(21)24-5)18(4)15(20)12-6-8-19(9-7-12)25(22,23)13-10-17(13)3/h11-14H,6-10H2,1-5H3/t13-,14+,17?/m1/s1. The van der Waals surface area contributed by atoms with E-state index in [9.17, 15) is 18.0 Å². The van der Waals surface area contributed by atoms with E-state index >= 15 is 0 Å². The Morgan fingerprint density at radius 2 is 1.72 bits per heavy atom. The van der Waals surface area contributed by atoms with Crippen LogP contribution in [-0.2, 0) is 24.3 Å². The average molecular weight is 375 g/mol. The number of carbonyl (C=O) groups excluding carboxylic acids is 2. The van der Waals surface area contributed by atoms with Crippen molar-refractivity contribution in [3.63, 3.8) is 0 Å². The van der Waals surface area contributed by atoms with E-state index in [0.717, 1.165) is 0 Å². The molecular weight excluding hydrogens is 346 g/mol. The van der Waals surface area contributed by atoms with E-state index < -0.39 is 27.4 Å². The Labute approximate surface area is 150 Å². The van der Waals surface area contributed by atoms with E-state index in [2.05, 4.69) is 0 Å². The van der Waals surface area contributed by atoms with Crippen molar-refractivity contribution in [2.75, 3.05) is 40.8 Å². The number of esters is 1. The largest absolute Gasteiger partial charge is 0.467 e. The summed E-state index contributed by atoms with van der Waals surface area (Å²) in [6.07, 6.45) is 0.954. The van der Waals surface area contributed by atoms with Gasteiger partial charge in [-0.1, -0.05) is 13.8 Å². The molecule has 0 aromatic carbocycles. The molecule has 1 amide bonds. The Morgan fingerprint density at radius 1 is 1.20 bits per heavy atom. The second-order valence-corrected chi connectivity index (χ2v) is 9.36. The smallest absolute Gasteiger partial charge is 0.328 e. The predicted molar refractivity (Wildman–Crippen MR) is 93.0 cm³/mol. The van der Waals surface area contributed by atoms with E-state index in [1.54, 1.807) is 19.0 Å².